The van der Waals surface area contributed by atoms with Crippen molar-refractivity contribution >= 4 is 11.8 Å². The first-order chi connectivity index (χ1) is 8.27. The Labute approximate surface area is 108 Å². The number of thioether (sulfide) groups is 1. The van der Waals surface area contributed by atoms with E-state index in [2.05, 4.69) is 17.1 Å². The molecular formula is C14H21NOS. The average Bonchev–Trinajstić information content (AvgIpc) is 2.36. The summed E-state index contributed by atoms with van der Waals surface area (Å²) < 4.78 is 0. The third kappa shape index (κ3) is 3.65. The van der Waals surface area contributed by atoms with E-state index in [1.54, 1.807) is 0 Å². The Hall–Kier alpha value is -0.670. The zero-order valence-electron chi connectivity index (χ0n) is 10.4. The van der Waals surface area contributed by atoms with Gasteiger partial charge in [-0.2, -0.15) is 11.8 Å². The fourth-order valence-corrected chi connectivity index (χ4v) is 3.43. The lowest BCUT2D eigenvalue weighted by Gasteiger charge is -2.21. The highest BCUT2D eigenvalue weighted by Crippen LogP contribution is 2.23. The molecule has 1 heterocycles. The van der Waals surface area contributed by atoms with Gasteiger partial charge in [-0.3, -0.25) is 0 Å². The molecule has 0 spiro atoms. The summed E-state index contributed by atoms with van der Waals surface area (Å²) in [5.74, 6) is 3.88. The number of aromatic hydroxyl groups is 1. The van der Waals surface area contributed by atoms with E-state index in [0.29, 0.717) is 5.75 Å². The van der Waals surface area contributed by atoms with Crippen molar-refractivity contribution in [3.05, 3.63) is 29.3 Å². The molecule has 1 aromatic rings. The monoisotopic (exact) mass is 251 g/mol. The first-order valence-corrected chi connectivity index (χ1v) is 7.49. The zero-order chi connectivity index (χ0) is 12.1. The van der Waals surface area contributed by atoms with Gasteiger partial charge in [0.05, 0.1) is 0 Å². The van der Waals surface area contributed by atoms with Gasteiger partial charge in [-0.05, 0) is 49.3 Å². The second kappa shape index (κ2) is 6.31. The van der Waals surface area contributed by atoms with Gasteiger partial charge in [0.15, 0.2) is 0 Å². The number of hydrogen-bond donors (Lipinski definition) is 2. The minimum atomic E-state index is 0.444. The van der Waals surface area contributed by atoms with E-state index in [1.165, 1.54) is 24.3 Å². The Morgan fingerprint density at radius 2 is 2.12 bits per heavy atom. The third-order valence-corrected chi connectivity index (χ3v) is 4.46. The molecule has 0 unspecified atom stereocenters. The second-order valence-electron chi connectivity index (χ2n) is 4.77. The van der Waals surface area contributed by atoms with E-state index < -0.39 is 0 Å². The Kier molecular flexibility index (Phi) is 4.75. The zero-order valence-corrected chi connectivity index (χ0v) is 11.2. The fraction of sp³-hybridized carbons (Fsp3) is 0.571. The van der Waals surface area contributed by atoms with Gasteiger partial charge in [0.1, 0.15) is 5.75 Å². The molecule has 0 atom stereocenters. The van der Waals surface area contributed by atoms with Crippen LogP contribution in [-0.4, -0.2) is 23.2 Å². The molecule has 2 nitrogen and oxygen atoms in total. The summed E-state index contributed by atoms with van der Waals surface area (Å²) in [5, 5.41) is 13.4. The molecule has 3 heteroatoms. The standard InChI is InChI=1S/C14H21NOS/c1-11-3-2-4-13(14(11)16)10-15-9-12-5-7-17-8-6-12/h2-4,12,15-16H,5-10H2,1H3. The van der Waals surface area contributed by atoms with Gasteiger partial charge in [0.25, 0.3) is 0 Å². The van der Waals surface area contributed by atoms with E-state index >= 15 is 0 Å². The maximum absolute atomic E-state index is 9.89. The van der Waals surface area contributed by atoms with Crippen molar-refractivity contribution in [2.45, 2.75) is 26.3 Å². The Morgan fingerprint density at radius 1 is 1.35 bits per heavy atom. The lowest BCUT2D eigenvalue weighted by Crippen LogP contribution is -2.25. The first kappa shape index (κ1) is 12.8. The van der Waals surface area contributed by atoms with Crippen molar-refractivity contribution in [2.75, 3.05) is 18.1 Å². The van der Waals surface area contributed by atoms with Crippen molar-refractivity contribution in [1.82, 2.24) is 5.32 Å². The first-order valence-electron chi connectivity index (χ1n) is 6.33. The quantitative estimate of drug-likeness (QED) is 0.863. The van der Waals surface area contributed by atoms with Crippen LogP contribution < -0.4 is 5.32 Å². The molecule has 0 radical (unpaired) electrons. The van der Waals surface area contributed by atoms with Crippen LogP contribution >= 0.6 is 11.8 Å². The van der Waals surface area contributed by atoms with Crippen LogP contribution in [0, 0.1) is 12.8 Å². The third-order valence-electron chi connectivity index (χ3n) is 3.41. The maximum Gasteiger partial charge on any atom is 0.122 e. The summed E-state index contributed by atoms with van der Waals surface area (Å²) in [7, 11) is 0. The minimum absolute atomic E-state index is 0.444. The molecule has 1 saturated heterocycles. The van der Waals surface area contributed by atoms with Crippen molar-refractivity contribution in [3.8, 4) is 5.75 Å². The smallest absolute Gasteiger partial charge is 0.122 e. The molecule has 1 aliphatic rings. The van der Waals surface area contributed by atoms with Crippen molar-refractivity contribution in [2.24, 2.45) is 5.92 Å². The molecule has 0 saturated carbocycles. The molecule has 0 aliphatic carbocycles. The Morgan fingerprint density at radius 3 is 2.88 bits per heavy atom. The number of hydrogen-bond acceptors (Lipinski definition) is 3. The van der Waals surface area contributed by atoms with E-state index in [-0.39, 0.29) is 0 Å². The molecule has 1 aromatic carbocycles. The normalized spacial score (nSPS) is 17.2. The van der Waals surface area contributed by atoms with Crippen LogP contribution in [0.3, 0.4) is 0 Å². The topological polar surface area (TPSA) is 32.3 Å². The number of aryl methyl sites for hydroxylation is 1. The predicted molar refractivity (Wildman–Crippen MR) is 74.6 cm³/mol. The maximum atomic E-state index is 9.89. The number of rotatable bonds is 4. The fourth-order valence-electron chi connectivity index (χ4n) is 2.22. The summed E-state index contributed by atoms with van der Waals surface area (Å²) in [4.78, 5) is 0. The van der Waals surface area contributed by atoms with Gasteiger partial charge in [-0.1, -0.05) is 18.2 Å². The van der Waals surface area contributed by atoms with Gasteiger partial charge >= 0.3 is 0 Å². The molecule has 0 amide bonds. The lowest BCUT2D eigenvalue weighted by molar-refractivity contribution is 0.434. The summed E-state index contributed by atoms with van der Waals surface area (Å²) in [6.45, 7) is 3.79. The van der Waals surface area contributed by atoms with Gasteiger partial charge in [-0.25, -0.2) is 0 Å². The van der Waals surface area contributed by atoms with Crippen molar-refractivity contribution < 1.29 is 5.11 Å². The van der Waals surface area contributed by atoms with Crippen LogP contribution in [0.5, 0.6) is 5.75 Å². The Balaban J connectivity index is 1.79. The van der Waals surface area contributed by atoms with Gasteiger partial charge < -0.3 is 10.4 Å². The van der Waals surface area contributed by atoms with Crippen molar-refractivity contribution in [1.29, 1.82) is 0 Å². The highest BCUT2D eigenvalue weighted by molar-refractivity contribution is 7.99. The molecule has 2 rings (SSSR count). The van der Waals surface area contributed by atoms with E-state index in [9.17, 15) is 5.11 Å². The molecule has 17 heavy (non-hydrogen) atoms. The van der Waals surface area contributed by atoms with E-state index in [1.807, 2.05) is 25.1 Å². The Bertz CT molecular complexity index is 361. The number of para-hydroxylation sites is 1. The van der Waals surface area contributed by atoms with Gasteiger partial charge in [0, 0.05) is 12.1 Å². The van der Waals surface area contributed by atoms with E-state index in [4.69, 9.17) is 0 Å². The van der Waals surface area contributed by atoms with Crippen LogP contribution in [0.1, 0.15) is 24.0 Å². The second-order valence-corrected chi connectivity index (χ2v) is 5.99. The molecular weight excluding hydrogens is 230 g/mol. The summed E-state index contributed by atoms with van der Waals surface area (Å²) in [5.41, 5.74) is 1.97. The summed E-state index contributed by atoms with van der Waals surface area (Å²) in [6.07, 6.45) is 2.66. The van der Waals surface area contributed by atoms with E-state index in [0.717, 1.165) is 30.1 Å². The lowest BCUT2D eigenvalue weighted by atomic mass is 10.0. The molecule has 2 N–H and O–H groups in total. The molecule has 1 aliphatic heterocycles. The molecule has 0 bridgehead atoms. The molecule has 1 fully saturated rings. The van der Waals surface area contributed by atoms with Crippen LogP contribution in [0.4, 0.5) is 0 Å². The largest absolute Gasteiger partial charge is 0.507 e. The van der Waals surface area contributed by atoms with Crippen LogP contribution in [0.2, 0.25) is 0 Å². The highest BCUT2D eigenvalue weighted by Gasteiger charge is 2.13. The predicted octanol–water partition coefficient (Wildman–Crippen LogP) is 2.93. The van der Waals surface area contributed by atoms with Crippen LogP contribution in [-0.2, 0) is 6.54 Å². The van der Waals surface area contributed by atoms with Crippen LogP contribution in [0.15, 0.2) is 18.2 Å². The number of phenols is 1. The van der Waals surface area contributed by atoms with Crippen molar-refractivity contribution in [3.63, 3.8) is 0 Å². The van der Waals surface area contributed by atoms with Crippen LogP contribution in [0.25, 0.3) is 0 Å². The summed E-state index contributed by atoms with van der Waals surface area (Å²) in [6, 6.07) is 5.94. The molecule has 0 aromatic heterocycles. The number of benzene rings is 1. The average molecular weight is 251 g/mol. The minimum Gasteiger partial charge on any atom is -0.507 e. The highest BCUT2D eigenvalue weighted by atomic mass is 32.2. The van der Waals surface area contributed by atoms with Gasteiger partial charge in [-0.15, -0.1) is 0 Å². The number of nitrogens with one attached hydrogen (secondary N) is 1. The SMILES string of the molecule is Cc1cccc(CNCC2CCSCC2)c1O. The number of phenolic OH excluding ortho intramolecular Hbond substituents is 1. The molecule has 94 valence electrons. The summed E-state index contributed by atoms with van der Waals surface area (Å²) >= 11 is 2.07. The van der Waals surface area contributed by atoms with Gasteiger partial charge in [0.2, 0.25) is 0 Å².